The molecule has 2 rings (SSSR count). The van der Waals surface area contributed by atoms with Crippen molar-refractivity contribution in [3.63, 3.8) is 0 Å². The number of nitrogens with one attached hydrogen (secondary N) is 1. The lowest BCUT2D eigenvalue weighted by Gasteiger charge is -2.16. The molecule has 0 heterocycles. The van der Waals surface area contributed by atoms with Crippen LogP contribution in [0.1, 0.15) is 28.3 Å². The molecule has 0 aliphatic heterocycles. The van der Waals surface area contributed by atoms with Gasteiger partial charge in [-0.1, -0.05) is 29.8 Å². The molecule has 0 aromatic heterocycles. The lowest BCUT2D eigenvalue weighted by Crippen LogP contribution is -2.16. The number of halogens is 1. The molecule has 7 heteroatoms. The van der Waals surface area contributed by atoms with E-state index in [1.54, 1.807) is 36.4 Å². The number of carbonyl (C=O) groups is 2. The number of para-hydroxylation sites is 1. The Labute approximate surface area is 143 Å². The summed E-state index contributed by atoms with van der Waals surface area (Å²) in [4.78, 5) is 22.2. The van der Waals surface area contributed by atoms with Crippen LogP contribution in [0, 0.1) is 0 Å². The zero-order chi connectivity index (χ0) is 17.7. The van der Waals surface area contributed by atoms with Gasteiger partial charge in [-0.25, -0.2) is 4.79 Å². The van der Waals surface area contributed by atoms with Crippen LogP contribution >= 0.6 is 11.6 Å². The Morgan fingerprint density at radius 2 is 1.83 bits per heavy atom. The molecule has 0 aliphatic carbocycles. The SMILES string of the molecule is NC[C@H](CC(=O)O)c1ccc(Cl)c(Nc2ccccc2C(=O)O)c1. The lowest BCUT2D eigenvalue weighted by atomic mass is 9.95. The van der Waals surface area contributed by atoms with E-state index in [9.17, 15) is 14.7 Å². The van der Waals surface area contributed by atoms with Crippen LogP contribution < -0.4 is 11.1 Å². The number of rotatable bonds is 7. The molecule has 126 valence electrons. The van der Waals surface area contributed by atoms with E-state index in [1.165, 1.54) is 6.07 Å². The Balaban J connectivity index is 2.36. The monoisotopic (exact) mass is 348 g/mol. The number of carboxylic acids is 2. The van der Waals surface area contributed by atoms with Crippen LogP contribution in [0.15, 0.2) is 42.5 Å². The summed E-state index contributed by atoms with van der Waals surface area (Å²) in [7, 11) is 0. The molecule has 0 amide bonds. The predicted molar refractivity (Wildman–Crippen MR) is 92.2 cm³/mol. The number of carboxylic acid groups (broad SMARTS) is 2. The van der Waals surface area contributed by atoms with Crippen LogP contribution in [0.4, 0.5) is 11.4 Å². The first kappa shape index (κ1) is 17.8. The van der Waals surface area contributed by atoms with Crippen LogP contribution in [0.5, 0.6) is 0 Å². The van der Waals surface area contributed by atoms with E-state index in [1.807, 2.05) is 0 Å². The minimum absolute atomic E-state index is 0.0940. The lowest BCUT2D eigenvalue weighted by molar-refractivity contribution is -0.137. The van der Waals surface area contributed by atoms with E-state index in [2.05, 4.69) is 5.32 Å². The number of hydrogen-bond donors (Lipinski definition) is 4. The van der Waals surface area contributed by atoms with Gasteiger partial charge in [0.2, 0.25) is 0 Å². The van der Waals surface area contributed by atoms with Gasteiger partial charge in [0, 0.05) is 5.92 Å². The van der Waals surface area contributed by atoms with Crippen LogP contribution in [-0.4, -0.2) is 28.7 Å². The van der Waals surface area contributed by atoms with Gasteiger partial charge >= 0.3 is 11.9 Å². The van der Waals surface area contributed by atoms with Gasteiger partial charge in [0.1, 0.15) is 0 Å². The third kappa shape index (κ3) is 4.24. The molecule has 2 aromatic carbocycles. The van der Waals surface area contributed by atoms with Crippen molar-refractivity contribution < 1.29 is 19.8 Å². The Morgan fingerprint density at radius 1 is 1.12 bits per heavy atom. The van der Waals surface area contributed by atoms with E-state index in [0.717, 1.165) is 5.56 Å². The van der Waals surface area contributed by atoms with Crippen LogP contribution in [0.2, 0.25) is 5.02 Å². The average molecular weight is 349 g/mol. The summed E-state index contributed by atoms with van der Waals surface area (Å²) >= 11 is 6.17. The highest BCUT2D eigenvalue weighted by atomic mass is 35.5. The van der Waals surface area contributed by atoms with Gasteiger partial charge in [-0.2, -0.15) is 0 Å². The smallest absolute Gasteiger partial charge is 0.337 e. The van der Waals surface area contributed by atoms with Crippen molar-refractivity contribution in [1.29, 1.82) is 0 Å². The van der Waals surface area contributed by atoms with Crippen molar-refractivity contribution >= 4 is 34.9 Å². The number of hydrogen-bond acceptors (Lipinski definition) is 4. The zero-order valence-corrected chi connectivity index (χ0v) is 13.5. The largest absolute Gasteiger partial charge is 0.481 e. The Hall–Kier alpha value is -2.57. The van der Waals surface area contributed by atoms with Crippen molar-refractivity contribution in [2.75, 3.05) is 11.9 Å². The minimum atomic E-state index is -1.06. The highest BCUT2D eigenvalue weighted by molar-refractivity contribution is 6.33. The molecule has 0 radical (unpaired) electrons. The van der Waals surface area contributed by atoms with Crippen LogP contribution in [0.25, 0.3) is 0 Å². The molecule has 2 aromatic rings. The maximum absolute atomic E-state index is 11.3. The summed E-state index contributed by atoms with van der Waals surface area (Å²) in [5, 5.41) is 21.6. The molecule has 1 atom stereocenters. The Bertz CT molecular complexity index is 764. The number of aliphatic carboxylic acids is 1. The molecule has 0 spiro atoms. The van der Waals surface area contributed by atoms with Crippen molar-refractivity contribution in [3.05, 3.63) is 58.6 Å². The normalized spacial score (nSPS) is 11.8. The Kier molecular flexibility index (Phi) is 5.78. The molecule has 0 unspecified atom stereocenters. The highest BCUT2D eigenvalue weighted by Crippen LogP contribution is 2.31. The molecular weight excluding hydrogens is 332 g/mol. The fourth-order valence-corrected chi connectivity index (χ4v) is 2.53. The van der Waals surface area contributed by atoms with Crippen LogP contribution in [0.3, 0.4) is 0 Å². The first-order valence-corrected chi connectivity index (χ1v) is 7.60. The zero-order valence-electron chi connectivity index (χ0n) is 12.7. The molecule has 0 saturated heterocycles. The van der Waals surface area contributed by atoms with Crippen molar-refractivity contribution in [3.8, 4) is 0 Å². The first-order chi connectivity index (χ1) is 11.4. The molecular formula is C17H17ClN2O4. The summed E-state index contributed by atoms with van der Waals surface area (Å²) in [5.41, 5.74) is 7.38. The fourth-order valence-electron chi connectivity index (χ4n) is 2.36. The van der Waals surface area contributed by atoms with Crippen molar-refractivity contribution in [1.82, 2.24) is 0 Å². The quantitative estimate of drug-likeness (QED) is 0.610. The summed E-state index contributed by atoms with van der Waals surface area (Å²) in [6, 6.07) is 11.5. The minimum Gasteiger partial charge on any atom is -0.481 e. The van der Waals surface area contributed by atoms with Crippen molar-refractivity contribution in [2.45, 2.75) is 12.3 Å². The molecule has 5 N–H and O–H groups in total. The third-order valence-corrected chi connectivity index (χ3v) is 3.92. The maximum Gasteiger partial charge on any atom is 0.337 e. The summed E-state index contributed by atoms with van der Waals surface area (Å²) in [5.74, 6) is -2.35. The van der Waals surface area contributed by atoms with E-state index in [4.69, 9.17) is 22.4 Å². The molecule has 24 heavy (non-hydrogen) atoms. The number of anilines is 2. The van der Waals surface area contributed by atoms with E-state index < -0.39 is 11.9 Å². The van der Waals surface area contributed by atoms with Gasteiger partial charge in [-0.3, -0.25) is 4.79 Å². The number of nitrogens with two attached hydrogens (primary N) is 1. The Morgan fingerprint density at radius 3 is 2.46 bits per heavy atom. The molecule has 0 fully saturated rings. The summed E-state index contributed by atoms with van der Waals surface area (Å²) < 4.78 is 0. The summed E-state index contributed by atoms with van der Waals surface area (Å²) in [6.45, 7) is 0.180. The molecule has 0 saturated carbocycles. The second-order valence-electron chi connectivity index (χ2n) is 5.25. The molecule has 0 aliphatic rings. The molecule has 6 nitrogen and oxygen atoms in total. The average Bonchev–Trinajstić information content (AvgIpc) is 2.55. The third-order valence-electron chi connectivity index (χ3n) is 3.59. The first-order valence-electron chi connectivity index (χ1n) is 7.23. The summed E-state index contributed by atoms with van der Waals surface area (Å²) in [6.07, 6.45) is -0.0940. The topological polar surface area (TPSA) is 113 Å². The molecule has 0 bridgehead atoms. The van der Waals surface area contributed by atoms with E-state index in [0.29, 0.717) is 16.4 Å². The van der Waals surface area contributed by atoms with Gasteiger partial charge in [-0.05, 0) is 36.4 Å². The van der Waals surface area contributed by atoms with Gasteiger partial charge in [-0.15, -0.1) is 0 Å². The number of aromatic carboxylic acids is 1. The van der Waals surface area contributed by atoms with E-state index >= 15 is 0 Å². The van der Waals surface area contributed by atoms with E-state index in [-0.39, 0.29) is 24.4 Å². The van der Waals surface area contributed by atoms with Gasteiger partial charge in [0.15, 0.2) is 0 Å². The second kappa shape index (κ2) is 7.81. The van der Waals surface area contributed by atoms with Crippen molar-refractivity contribution in [2.24, 2.45) is 5.73 Å². The highest BCUT2D eigenvalue weighted by Gasteiger charge is 2.16. The number of benzene rings is 2. The predicted octanol–water partition coefficient (Wildman–Crippen LogP) is 3.30. The second-order valence-corrected chi connectivity index (χ2v) is 5.65. The van der Waals surface area contributed by atoms with Gasteiger partial charge in [0.05, 0.1) is 28.4 Å². The van der Waals surface area contributed by atoms with Gasteiger partial charge < -0.3 is 21.3 Å². The standard InChI is InChI=1S/C17H17ClN2O4/c18-13-6-5-10(11(9-19)8-16(21)22)7-15(13)20-14-4-2-1-3-12(14)17(23)24/h1-7,11,20H,8-9,19H2,(H,21,22)(H,23,24)/t11-/m0/s1. The van der Waals surface area contributed by atoms with Crippen LogP contribution in [-0.2, 0) is 4.79 Å². The maximum atomic E-state index is 11.3. The van der Waals surface area contributed by atoms with Gasteiger partial charge in [0.25, 0.3) is 0 Å². The fraction of sp³-hybridized carbons (Fsp3) is 0.176.